The van der Waals surface area contributed by atoms with Crippen molar-refractivity contribution in [2.75, 3.05) is 26.2 Å². The van der Waals surface area contributed by atoms with Gasteiger partial charge in [-0.05, 0) is 61.5 Å². The second-order valence-electron chi connectivity index (χ2n) is 6.14. The van der Waals surface area contributed by atoms with E-state index in [1.54, 1.807) is 0 Å². The van der Waals surface area contributed by atoms with E-state index >= 15 is 0 Å². The van der Waals surface area contributed by atoms with Crippen LogP contribution in [0.1, 0.15) is 25.3 Å². The van der Waals surface area contributed by atoms with Gasteiger partial charge in [-0.3, -0.25) is 0 Å². The number of hydrogen-bond donors (Lipinski definition) is 2. The number of benzene rings is 1. The zero-order chi connectivity index (χ0) is 13.8. The molecular weight excluding hydrogens is 246 g/mol. The SMILES string of the molecule is CC(CNCc1ccc2cc[nH]c2c1)CN1CCCC1. The summed E-state index contributed by atoms with van der Waals surface area (Å²) in [6.45, 7) is 8.24. The van der Waals surface area contributed by atoms with Gasteiger partial charge in [0.1, 0.15) is 0 Å². The van der Waals surface area contributed by atoms with Crippen molar-refractivity contribution in [1.82, 2.24) is 15.2 Å². The Morgan fingerprint density at radius 2 is 2.10 bits per heavy atom. The van der Waals surface area contributed by atoms with Crippen LogP contribution in [0.4, 0.5) is 0 Å². The highest BCUT2D eigenvalue weighted by Gasteiger charge is 2.14. The van der Waals surface area contributed by atoms with E-state index in [4.69, 9.17) is 0 Å². The first-order valence-corrected chi connectivity index (χ1v) is 7.80. The normalized spacial score (nSPS) is 17.9. The second kappa shape index (κ2) is 6.42. The molecule has 20 heavy (non-hydrogen) atoms. The van der Waals surface area contributed by atoms with Gasteiger partial charge in [0.05, 0.1) is 0 Å². The predicted molar refractivity (Wildman–Crippen MR) is 84.8 cm³/mol. The standard InChI is InChI=1S/C17H25N3/c1-14(13-20-8-2-3-9-20)11-18-12-15-4-5-16-6-7-19-17(16)10-15/h4-7,10,14,18-19H,2-3,8-9,11-13H2,1H3. The van der Waals surface area contributed by atoms with E-state index in [9.17, 15) is 0 Å². The molecule has 0 spiro atoms. The molecule has 1 aliphatic heterocycles. The van der Waals surface area contributed by atoms with E-state index in [2.05, 4.69) is 46.4 Å². The van der Waals surface area contributed by atoms with Crippen LogP contribution in [0.5, 0.6) is 0 Å². The third-order valence-electron chi connectivity index (χ3n) is 4.21. The Bertz CT molecular complexity index is 540. The van der Waals surface area contributed by atoms with Crippen LogP contribution in [-0.2, 0) is 6.54 Å². The van der Waals surface area contributed by atoms with Crippen LogP contribution in [0.3, 0.4) is 0 Å². The molecule has 1 aliphatic rings. The van der Waals surface area contributed by atoms with E-state index < -0.39 is 0 Å². The Balaban J connectivity index is 1.44. The molecular formula is C17H25N3. The van der Waals surface area contributed by atoms with Crippen molar-refractivity contribution in [2.24, 2.45) is 5.92 Å². The minimum absolute atomic E-state index is 0.724. The van der Waals surface area contributed by atoms with Crippen molar-refractivity contribution in [3.8, 4) is 0 Å². The lowest BCUT2D eigenvalue weighted by atomic mass is 10.1. The first-order valence-electron chi connectivity index (χ1n) is 7.80. The number of rotatable bonds is 6. The molecule has 0 aliphatic carbocycles. The first-order chi connectivity index (χ1) is 9.81. The Hall–Kier alpha value is -1.32. The quantitative estimate of drug-likeness (QED) is 0.846. The Morgan fingerprint density at radius 1 is 1.25 bits per heavy atom. The van der Waals surface area contributed by atoms with Crippen LogP contribution in [0.15, 0.2) is 30.5 Å². The monoisotopic (exact) mass is 271 g/mol. The van der Waals surface area contributed by atoms with Crippen molar-refractivity contribution >= 4 is 10.9 Å². The van der Waals surface area contributed by atoms with Crippen LogP contribution >= 0.6 is 0 Å². The average Bonchev–Trinajstić information content (AvgIpc) is 3.09. The summed E-state index contributed by atoms with van der Waals surface area (Å²) in [5, 5.41) is 4.88. The third-order valence-corrected chi connectivity index (χ3v) is 4.21. The van der Waals surface area contributed by atoms with E-state index in [1.807, 2.05) is 6.20 Å². The molecule has 1 saturated heterocycles. The molecule has 108 valence electrons. The molecule has 1 atom stereocenters. The van der Waals surface area contributed by atoms with E-state index in [-0.39, 0.29) is 0 Å². The van der Waals surface area contributed by atoms with Crippen molar-refractivity contribution in [3.63, 3.8) is 0 Å². The molecule has 1 unspecified atom stereocenters. The summed E-state index contributed by atoms with van der Waals surface area (Å²) in [5.41, 5.74) is 2.59. The van der Waals surface area contributed by atoms with Crippen molar-refractivity contribution in [1.29, 1.82) is 0 Å². The molecule has 2 N–H and O–H groups in total. The van der Waals surface area contributed by atoms with Gasteiger partial charge in [0.15, 0.2) is 0 Å². The molecule has 1 aromatic carbocycles. The number of nitrogens with one attached hydrogen (secondary N) is 2. The lowest BCUT2D eigenvalue weighted by Crippen LogP contribution is -2.31. The smallest absolute Gasteiger partial charge is 0.0457 e. The highest BCUT2D eigenvalue weighted by Crippen LogP contribution is 2.14. The van der Waals surface area contributed by atoms with Gasteiger partial charge in [0, 0.05) is 24.8 Å². The fraction of sp³-hybridized carbons (Fsp3) is 0.529. The number of aromatic nitrogens is 1. The van der Waals surface area contributed by atoms with E-state index in [0.29, 0.717) is 0 Å². The maximum Gasteiger partial charge on any atom is 0.0457 e. The van der Waals surface area contributed by atoms with Crippen LogP contribution in [-0.4, -0.2) is 36.1 Å². The van der Waals surface area contributed by atoms with Crippen LogP contribution in [0.25, 0.3) is 10.9 Å². The highest BCUT2D eigenvalue weighted by molar-refractivity contribution is 5.79. The second-order valence-corrected chi connectivity index (χ2v) is 6.14. The van der Waals surface area contributed by atoms with E-state index in [0.717, 1.165) is 19.0 Å². The summed E-state index contributed by atoms with van der Waals surface area (Å²) in [4.78, 5) is 5.87. The Morgan fingerprint density at radius 3 is 2.95 bits per heavy atom. The summed E-state index contributed by atoms with van der Waals surface area (Å²) < 4.78 is 0. The van der Waals surface area contributed by atoms with Crippen LogP contribution < -0.4 is 5.32 Å². The van der Waals surface area contributed by atoms with Crippen LogP contribution in [0, 0.1) is 5.92 Å². The van der Waals surface area contributed by atoms with Gasteiger partial charge in [-0.15, -0.1) is 0 Å². The molecule has 1 fully saturated rings. The van der Waals surface area contributed by atoms with Gasteiger partial charge in [-0.2, -0.15) is 0 Å². The summed E-state index contributed by atoms with van der Waals surface area (Å²) in [6, 6.07) is 8.77. The molecule has 2 aromatic rings. The Labute approximate surface area is 121 Å². The molecule has 1 aromatic heterocycles. The van der Waals surface area contributed by atoms with Gasteiger partial charge in [-0.1, -0.05) is 19.1 Å². The molecule has 3 rings (SSSR count). The van der Waals surface area contributed by atoms with Gasteiger partial charge < -0.3 is 15.2 Å². The largest absolute Gasteiger partial charge is 0.361 e. The van der Waals surface area contributed by atoms with Crippen molar-refractivity contribution < 1.29 is 0 Å². The lowest BCUT2D eigenvalue weighted by Gasteiger charge is -2.20. The molecule has 0 bridgehead atoms. The Kier molecular flexibility index (Phi) is 4.38. The molecule has 3 heteroatoms. The number of nitrogens with zero attached hydrogens (tertiary/aromatic N) is 1. The van der Waals surface area contributed by atoms with Gasteiger partial charge in [0.25, 0.3) is 0 Å². The van der Waals surface area contributed by atoms with Gasteiger partial charge in [-0.25, -0.2) is 0 Å². The van der Waals surface area contributed by atoms with Gasteiger partial charge in [0.2, 0.25) is 0 Å². The topological polar surface area (TPSA) is 31.1 Å². The number of fused-ring (bicyclic) bond motifs is 1. The minimum Gasteiger partial charge on any atom is -0.361 e. The molecule has 2 heterocycles. The fourth-order valence-corrected chi connectivity index (χ4v) is 3.14. The fourth-order valence-electron chi connectivity index (χ4n) is 3.14. The highest BCUT2D eigenvalue weighted by atomic mass is 15.1. The zero-order valence-electron chi connectivity index (χ0n) is 12.4. The number of hydrogen-bond acceptors (Lipinski definition) is 2. The molecule has 0 saturated carbocycles. The average molecular weight is 271 g/mol. The minimum atomic E-state index is 0.724. The van der Waals surface area contributed by atoms with Crippen molar-refractivity contribution in [3.05, 3.63) is 36.0 Å². The number of likely N-dealkylation sites (tertiary alicyclic amines) is 1. The maximum absolute atomic E-state index is 3.59. The van der Waals surface area contributed by atoms with Crippen LogP contribution in [0.2, 0.25) is 0 Å². The molecule has 0 radical (unpaired) electrons. The van der Waals surface area contributed by atoms with Crippen molar-refractivity contribution in [2.45, 2.75) is 26.3 Å². The number of aromatic amines is 1. The summed E-state index contributed by atoms with van der Waals surface area (Å²) in [5.74, 6) is 0.724. The van der Waals surface area contributed by atoms with Gasteiger partial charge >= 0.3 is 0 Å². The molecule has 0 amide bonds. The predicted octanol–water partition coefficient (Wildman–Crippen LogP) is 2.99. The summed E-state index contributed by atoms with van der Waals surface area (Å²) >= 11 is 0. The molecule has 3 nitrogen and oxygen atoms in total. The zero-order valence-corrected chi connectivity index (χ0v) is 12.4. The third kappa shape index (κ3) is 3.41. The lowest BCUT2D eigenvalue weighted by molar-refractivity contribution is 0.282. The van der Waals surface area contributed by atoms with E-state index in [1.165, 1.54) is 48.9 Å². The maximum atomic E-state index is 3.59. The number of H-pyrrole nitrogens is 1. The summed E-state index contributed by atoms with van der Waals surface area (Å²) in [6.07, 6.45) is 4.77. The summed E-state index contributed by atoms with van der Waals surface area (Å²) in [7, 11) is 0. The first kappa shape index (κ1) is 13.7.